The number of carbonyl (C=O) groups excluding carboxylic acids is 1. The minimum Gasteiger partial charge on any atom is -0.294 e. The fourth-order valence-electron chi connectivity index (χ4n) is 1.68. The maximum absolute atomic E-state index is 12.4. The average molecular weight is 315 g/mol. The molecule has 6 heteroatoms. The van der Waals surface area contributed by atoms with E-state index in [0.717, 1.165) is 0 Å². The van der Waals surface area contributed by atoms with Gasteiger partial charge in [-0.05, 0) is 31.3 Å². The van der Waals surface area contributed by atoms with Crippen molar-refractivity contribution < 1.29 is 13.2 Å². The summed E-state index contributed by atoms with van der Waals surface area (Å²) in [4.78, 5) is 12.5. The van der Waals surface area contributed by atoms with Gasteiger partial charge in [-0.2, -0.15) is 0 Å². The number of ketones is 1. The minimum atomic E-state index is -3.59. The van der Waals surface area contributed by atoms with Gasteiger partial charge in [0.2, 0.25) is 10.0 Å². The number of hydrogen-bond donors (Lipinski definition) is 1. The van der Waals surface area contributed by atoms with Gasteiger partial charge in [-0.1, -0.05) is 26.8 Å². The van der Waals surface area contributed by atoms with E-state index in [2.05, 4.69) is 14.0 Å². The van der Waals surface area contributed by atoms with Crippen molar-refractivity contribution in [2.75, 3.05) is 0 Å². The van der Waals surface area contributed by atoms with Gasteiger partial charge in [0.15, 0.2) is 5.78 Å². The van der Waals surface area contributed by atoms with Crippen LogP contribution in [0, 0.1) is 5.41 Å². The summed E-state index contributed by atoms with van der Waals surface area (Å²) < 4.78 is 26.8. The normalized spacial score (nSPS) is 12.8. The second-order valence-corrected chi connectivity index (χ2v) is 8.44. The Morgan fingerprint density at radius 1 is 1.25 bits per heavy atom. The summed E-state index contributed by atoms with van der Waals surface area (Å²) in [5.74, 6) is -0.0795. The molecule has 0 aromatic heterocycles. The molecule has 0 radical (unpaired) electrons. The maximum atomic E-state index is 12.4. The summed E-state index contributed by atoms with van der Waals surface area (Å²) in [7, 11) is -1.11. The molecule has 0 aliphatic heterocycles. The molecule has 1 N–H and O–H groups in total. The summed E-state index contributed by atoms with van der Waals surface area (Å²) in [6.07, 6.45) is 0. The lowest BCUT2D eigenvalue weighted by Crippen LogP contribution is -2.31. The standard InChI is InChI=1S/C14H22NO3PS/c1-9(2)15-20(17,18)10-6-7-12(19)11(8-10)13(16)14(3,4)5/h6-9,15H,19H2,1-5H3. The maximum Gasteiger partial charge on any atom is 0.240 e. The number of carbonyl (C=O) groups is 1. The highest BCUT2D eigenvalue weighted by molar-refractivity contribution is 7.89. The van der Waals surface area contributed by atoms with Crippen LogP contribution in [0.5, 0.6) is 0 Å². The highest BCUT2D eigenvalue weighted by atomic mass is 32.2. The Hall–Kier alpha value is -0.770. The fourth-order valence-corrected chi connectivity index (χ4v) is 3.27. The Morgan fingerprint density at radius 2 is 1.80 bits per heavy atom. The van der Waals surface area contributed by atoms with E-state index in [1.807, 2.05) is 20.8 Å². The van der Waals surface area contributed by atoms with Crippen molar-refractivity contribution in [3.8, 4) is 0 Å². The first-order valence-corrected chi connectivity index (χ1v) is 8.48. The lowest BCUT2D eigenvalue weighted by Gasteiger charge is -2.19. The van der Waals surface area contributed by atoms with Gasteiger partial charge in [0.1, 0.15) is 0 Å². The lowest BCUT2D eigenvalue weighted by molar-refractivity contribution is 0.0859. The number of sulfonamides is 1. The average Bonchev–Trinajstić information content (AvgIpc) is 2.25. The van der Waals surface area contributed by atoms with E-state index in [-0.39, 0.29) is 16.7 Å². The molecule has 0 heterocycles. The van der Waals surface area contributed by atoms with Crippen LogP contribution in [0.1, 0.15) is 45.0 Å². The summed E-state index contributed by atoms with van der Waals surface area (Å²) in [5.41, 5.74) is -0.131. The highest BCUT2D eigenvalue weighted by Crippen LogP contribution is 2.22. The second-order valence-electron chi connectivity index (χ2n) is 6.10. The van der Waals surface area contributed by atoms with Gasteiger partial charge in [0.05, 0.1) is 4.90 Å². The Labute approximate surface area is 123 Å². The third-order valence-corrected chi connectivity index (χ3v) is 4.81. The van der Waals surface area contributed by atoms with E-state index in [0.29, 0.717) is 10.9 Å². The van der Waals surface area contributed by atoms with Gasteiger partial charge in [0.25, 0.3) is 0 Å². The Balaban J connectivity index is 3.33. The van der Waals surface area contributed by atoms with Crippen molar-refractivity contribution >= 4 is 30.4 Å². The van der Waals surface area contributed by atoms with Crippen LogP contribution in [0.15, 0.2) is 23.1 Å². The monoisotopic (exact) mass is 315 g/mol. The van der Waals surface area contributed by atoms with Gasteiger partial charge in [0, 0.05) is 17.0 Å². The molecule has 0 aliphatic rings. The molecule has 1 aromatic rings. The summed E-state index contributed by atoms with van der Waals surface area (Å²) in [6, 6.07) is 4.39. The molecule has 1 rings (SSSR count). The third kappa shape index (κ3) is 4.11. The molecular weight excluding hydrogens is 293 g/mol. The summed E-state index contributed by atoms with van der Waals surface area (Å²) in [5, 5.41) is 0.702. The molecule has 0 amide bonds. The predicted molar refractivity (Wildman–Crippen MR) is 85.0 cm³/mol. The van der Waals surface area contributed by atoms with Gasteiger partial charge >= 0.3 is 0 Å². The van der Waals surface area contributed by atoms with Crippen LogP contribution in [0.4, 0.5) is 0 Å². The van der Waals surface area contributed by atoms with Crippen LogP contribution in [0.3, 0.4) is 0 Å². The van der Waals surface area contributed by atoms with Crippen LogP contribution in [-0.4, -0.2) is 20.2 Å². The van der Waals surface area contributed by atoms with Crippen LogP contribution >= 0.6 is 9.24 Å². The predicted octanol–water partition coefficient (Wildman–Crippen LogP) is 2.10. The van der Waals surface area contributed by atoms with Crippen molar-refractivity contribution in [1.29, 1.82) is 0 Å². The smallest absolute Gasteiger partial charge is 0.240 e. The van der Waals surface area contributed by atoms with Crippen LogP contribution < -0.4 is 10.0 Å². The second kappa shape index (κ2) is 5.92. The molecular formula is C14H22NO3PS. The van der Waals surface area contributed by atoms with E-state index < -0.39 is 15.4 Å². The highest BCUT2D eigenvalue weighted by Gasteiger charge is 2.26. The Bertz CT molecular complexity index is 616. The molecule has 1 aromatic carbocycles. The van der Waals surface area contributed by atoms with Gasteiger partial charge in [-0.25, -0.2) is 13.1 Å². The van der Waals surface area contributed by atoms with Crippen LogP contribution in [0.2, 0.25) is 0 Å². The molecule has 0 spiro atoms. The van der Waals surface area contributed by atoms with Crippen molar-refractivity contribution in [3.63, 3.8) is 0 Å². The van der Waals surface area contributed by atoms with Gasteiger partial charge < -0.3 is 0 Å². The molecule has 1 unspecified atom stereocenters. The van der Waals surface area contributed by atoms with Gasteiger partial charge in [-0.15, -0.1) is 9.24 Å². The number of benzene rings is 1. The van der Waals surface area contributed by atoms with Crippen molar-refractivity contribution in [2.24, 2.45) is 5.41 Å². The van der Waals surface area contributed by atoms with E-state index in [9.17, 15) is 13.2 Å². The Morgan fingerprint density at radius 3 is 2.25 bits per heavy atom. The number of hydrogen-bond acceptors (Lipinski definition) is 3. The zero-order valence-electron chi connectivity index (χ0n) is 12.5. The lowest BCUT2D eigenvalue weighted by atomic mass is 9.86. The molecule has 112 valence electrons. The topological polar surface area (TPSA) is 63.2 Å². The van der Waals surface area contributed by atoms with E-state index >= 15 is 0 Å². The summed E-state index contributed by atoms with van der Waals surface area (Å²) >= 11 is 0. The Kier molecular flexibility index (Phi) is 5.12. The van der Waals surface area contributed by atoms with Gasteiger partial charge in [-0.3, -0.25) is 4.79 Å². The largest absolute Gasteiger partial charge is 0.294 e. The van der Waals surface area contributed by atoms with Crippen LogP contribution in [-0.2, 0) is 10.0 Å². The van der Waals surface area contributed by atoms with E-state index in [1.165, 1.54) is 12.1 Å². The molecule has 0 fully saturated rings. The molecule has 1 atom stereocenters. The fraction of sp³-hybridized carbons (Fsp3) is 0.500. The molecule has 4 nitrogen and oxygen atoms in total. The molecule has 20 heavy (non-hydrogen) atoms. The molecule has 0 aliphatic carbocycles. The van der Waals surface area contributed by atoms with Crippen LogP contribution in [0.25, 0.3) is 0 Å². The first-order chi connectivity index (χ1) is 8.95. The number of nitrogens with one attached hydrogen (secondary N) is 1. The van der Waals surface area contributed by atoms with Crippen molar-refractivity contribution in [3.05, 3.63) is 23.8 Å². The molecule has 0 saturated carbocycles. The van der Waals surface area contributed by atoms with Crippen molar-refractivity contribution in [2.45, 2.75) is 45.6 Å². The van der Waals surface area contributed by atoms with E-state index in [4.69, 9.17) is 0 Å². The number of rotatable bonds is 4. The zero-order chi connectivity index (χ0) is 15.7. The zero-order valence-corrected chi connectivity index (χ0v) is 14.5. The molecule has 0 saturated heterocycles. The molecule has 0 bridgehead atoms. The summed E-state index contributed by atoms with van der Waals surface area (Å²) in [6.45, 7) is 8.94. The van der Waals surface area contributed by atoms with Crippen molar-refractivity contribution in [1.82, 2.24) is 4.72 Å². The quantitative estimate of drug-likeness (QED) is 0.683. The first kappa shape index (κ1) is 17.3. The SMILES string of the molecule is CC(C)NS(=O)(=O)c1ccc(P)c(C(=O)C(C)(C)C)c1. The first-order valence-electron chi connectivity index (χ1n) is 6.42. The third-order valence-electron chi connectivity index (χ3n) is 2.65. The van der Waals surface area contributed by atoms with E-state index in [1.54, 1.807) is 19.9 Å². The number of Topliss-reactive ketones (excluding diaryl/α,β-unsaturated/α-hetero) is 1. The minimum absolute atomic E-state index is 0.0795.